The molecule has 1 aliphatic carbocycles. The molecule has 16 heavy (non-hydrogen) atoms. The smallest absolute Gasteiger partial charge is 0.185 e. The molecule has 1 aliphatic rings. The Bertz CT molecular complexity index is 353. The van der Waals surface area contributed by atoms with Crippen molar-refractivity contribution in [2.75, 3.05) is 0 Å². The highest BCUT2D eigenvalue weighted by Crippen LogP contribution is 2.26. The van der Waals surface area contributed by atoms with Crippen LogP contribution >= 0.6 is 0 Å². The van der Waals surface area contributed by atoms with Crippen LogP contribution in [0.2, 0.25) is 0 Å². The summed E-state index contributed by atoms with van der Waals surface area (Å²) in [7, 11) is 0. The van der Waals surface area contributed by atoms with Crippen molar-refractivity contribution in [3.05, 3.63) is 11.9 Å². The fraction of sp³-hybridized carbons (Fsp3) is 0.750. The van der Waals surface area contributed by atoms with Gasteiger partial charge >= 0.3 is 0 Å². The molecule has 0 N–H and O–H groups in total. The summed E-state index contributed by atoms with van der Waals surface area (Å²) in [6.07, 6.45) is 8.32. The van der Waals surface area contributed by atoms with E-state index in [9.17, 15) is 4.79 Å². The number of aryl methyl sites for hydroxylation is 1. The minimum atomic E-state index is 0.211. The van der Waals surface area contributed by atoms with Gasteiger partial charge in [-0.1, -0.05) is 31.4 Å². The van der Waals surface area contributed by atoms with Crippen LogP contribution in [0.1, 0.15) is 55.9 Å². The maximum atomic E-state index is 12.3. The summed E-state index contributed by atoms with van der Waals surface area (Å²) >= 11 is 0. The Labute approximate surface area is 96.0 Å². The Morgan fingerprint density at radius 3 is 2.88 bits per heavy atom. The van der Waals surface area contributed by atoms with Gasteiger partial charge < -0.3 is 0 Å². The molecule has 0 unspecified atom stereocenters. The van der Waals surface area contributed by atoms with Crippen molar-refractivity contribution in [2.45, 2.75) is 52.0 Å². The van der Waals surface area contributed by atoms with Crippen LogP contribution in [0.3, 0.4) is 0 Å². The molecule has 0 amide bonds. The molecule has 0 spiro atoms. The molecule has 2 rings (SSSR count). The van der Waals surface area contributed by atoms with Crippen LogP contribution in [0.4, 0.5) is 0 Å². The minimum absolute atomic E-state index is 0.211. The molecule has 0 bridgehead atoms. The van der Waals surface area contributed by atoms with E-state index in [-0.39, 0.29) is 11.7 Å². The molecule has 1 saturated carbocycles. The largest absolute Gasteiger partial charge is 0.292 e. The van der Waals surface area contributed by atoms with Crippen molar-refractivity contribution in [3.63, 3.8) is 0 Å². The SMILES string of the molecule is CCCn1nncc1C(=O)C1CCCCC1. The summed E-state index contributed by atoms with van der Waals surface area (Å²) in [5.74, 6) is 0.459. The van der Waals surface area contributed by atoms with Crippen molar-refractivity contribution in [3.8, 4) is 0 Å². The number of aromatic nitrogens is 3. The number of rotatable bonds is 4. The van der Waals surface area contributed by atoms with Gasteiger partial charge in [0, 0.05) is 12.5 Å². The molecular weight excluding hydrogens is 202 g/mol. The molecule has 1 aromatic heterocycles. The molecule has 4 heteroatoms. The van der Waals surface area contributed by atoms with Crippen LogP contribution in [0.25, 0.3) is 0 Å². The van der Waals surface area contributed by atoms with Crippen molar-refractivity contribution in [1.82, 2.24) is 15.0 Å². The second-order valence-electron chi connectivity index (χ2n) is 4.54. The molecular formula is C12H19N3O. The van der Waals surface area contributed by atoms with Gasteiger partial charge in [0.1, 0.15) is 5.69 Å². The number of carbonyl (C=O) groups excluding carboxylic acids is 1. The van der Waals surface area contributed by atoms with E-state index in [1.807, 2.05) is 0 Å². The number of carbonyl (C=O) groups is 1. The van der Waals surface area contributed by atoms with Crippen molar-refractivity contribution in [2.24, 2.45) is 5.92 Å². The zero-order valence-corrected chi connectivity index (χ0v) is 9.85. The lowest BCUT2D eigenvalue weighted by Gasteiger charge is -2.20. The monoisotopic (exact) mass is 221 g/mol. The summed E-state index contributed by atoms with van der Waals surface area (Å²) in [5.41, 5.74) is 0.703. The summed E-state index contributed by atoms with van der Waals surface area (Å²) in [5, 5.41) is 7.82. The third-order valence-corrected chi connectivity index (χ3v) is 3.28. The van der Waals surface area contributed by atoms with E-state index in [2.05, 4.69) is 17.2 Å². The minimum Gasteiger partial charge on any atom is -0.292 e. The van der Waals surface area contributed by atoms with Gasteiger partial charge in [-0.15, -0.1) is 5.10 Å². The summed E-state index contributed by atoms with van der Waals surface area (Å²) in [6.45, 7) is 2.87. The van der Waals surface area contributed by atoms with Crippen molar-refractivity contribution >= 4 is 5.78 Å². The van der Waals surface area contributed by atoms with E-state index < -0.39 is 0 Å². The highest BCUT2D eigenvalue weighted by molar-refractivity contribution is 5.96. The molecule has 1 fully saturated rings. The van der Waals surface area contributed by atoms with Crippen LogP contribution in [0, 0.1) is 5.92 Å². The molecule has 0 aromatic carbocycles. The highest BCUT2D eigenvalue weighted by atomic mass is 16.1. The van der Waals surface area contributed by atoms with E-state index in [4.69, 9.17) is 0 Å². The maximum absolute atomic E-state index is 12.3. The zero-order valence-electron chi connectivity index (χ0n) is 9.85. The van der Waals surface area contributed by atoms with Crippen molar-refractivity contribution < 1.29 is 4.79 Å². The number of ketones is 1. The summed E-state index contributed by atoms with van der Waals surface area (Å²) in [4.78, 5) is 12.3. The van der Waals surface area contributed by atoms with Crippen LogP contribution in [0.5, 0.6) is 0 Å². The second kappa shape index (κ2) is 5.23. The number of nitrogens with zero attached hydrogens (tertiary/aromatic N) is 3. The third kappa shape index (κ3) is 2.31. The van der Waals surface area contributed by atoms with Gasteiger partial charge in [-0.05, 0) is 19.3 Å². The summed E-state index contributed by atoms with van der Waals surface area (Å²) < 4.78 is 1.75. The van der Waals surface area contributed by atoms with Gasteiger partial charge in [0.2, 0.25) is 0 Å². The van der Waals surface area contributed by atoms with Gasteiger partial charge in [0.25, 0.3) is 0 Å². The van der Waals surface area contributed by atoms with Gasteiger partial charge in [0.05, 0.1) is 6.20 Å². The molecule has 0 atom stereocenters. The number of hydrogen-bond donors (Lipinski definition) is 0. The molecule has 0 aliphatic heterocycles. The molecule has 88 valence electrons. The highest BCUT2D eigenvalue weighted by Gasteiger charge is 2.25. The van der Waals surface area contributed by atoms with Crippen LogP contribution in [-0.2, 0) is 6.54 Å². The van der Waals surface area contributed by atoms with E-state index in [1.54, 1.807) is 10.9 Å². The Hall–Kier alpha value is -1.19. The van der Waals surface area contributed by atoms with Crippen molar-refractivity contribution in [1.29, 1.82) is 0 Å². The topological polar surface area (TPSA) is 47.8 Å². The lowest BCUT2D eigenvalue weighted by atomic mass is 9.85. The Morgan fingerprint density at radius 1 is 1.44 bits per heavy atom. The van der Waals surface area contributed by atoms with Gasteiger partial charge in [-0.25, -0.2) is 4.68 Å². The molecule has 1 heterocycles. The van der Waals surface area contributed by atoms with E-state index in [0.29, 0.717) is 5.69 Å². The predicted octanol–water partition coefficient (Wildman–Crippen LogP) is 2.45. The summed E-state index contributed by atoms with van der Waals surface area (Å²) in [6, 6.07) is 0. The fourth-order valence-electron chi connectivity index (χ4n) is 2.40. The third-order valence-electron chi connectivity index (χ3n) is 3.28. The maximum Gasteiger partial charge on any atom is 0.185 e. The lowest BCUT2D eigenvalue weighted by Crippen LogP contribution is -2.21. The Kier molecular flexibility index (Phi) is 3.70. The van der Waals surface area contributed by atoms with E-state index in [0.717, 1.165) is 25.8 Å². The molecule has 0 radical (unpaired) electrons. The first-order chi connectivity index (χ1) is 7.83. The van der Waals surface area contributed by atoms with Gasteiger partial charge in [-0.3, -0.25) is 4.79 Å². The molecule has 1 aromatic rings. The van der Waals surface area contributed by atoms with Crippen LogP contribution in [0.15, 0.2) is 6.20 Å². The first-order valence-electron chi connectivity index (χ1n) is 6.25. The quantitative estimate of drug-likeness (QED) is 0.734. The normalized spacial score (nSPS) is 17.6. The Morgan fingerprint density at radius 2 is 2.19 bits per heavy atom. The first kappa shape index (κ1) is 11.3. The van der Waals surface area contributed by atoms with Crippen LogP contribution in [-0.4, -0.2) is 20.8 Å². The average Bonchev–Trinajstić information content (AvgIpc) is 2.78. The average molecular weight is 221 g/mol. The number of Topliss-reactive ketones (excluding diaryl/α,β-unsaturated/α-hetero) is 1. The lowest BCUT2D eigenvalue weighted by molar-refractivity contribution is 0.0878. The standard InChI is InChI=1S/C12H19N3O/c1-2-8-15-11(9-13-14-15)12(16)10-6-4-3-5-7-10/h9-10H,2-8H2,1H3. The van der Waals surface area contributed by atoms with E-state index >= 15 is 0 Å². The van der Waals surface area contributed by atoms with Gasteiger partial charge in [-0.2, -0.15) is 0 Å². The zero-order chi connectivity index (χ0) is 11.4. The molecule has 0 saturated heterocycles. The van der Waals surface area contributed by atoms with E-state index in [1.165, 1.54) is 19.3 Å². The van der Waals surface area contributed by atoms with Crippen LogP contribution < -0.4 is 0 Å². The Balaban J connectivity index is 2.09. The fourth-order valence-corrected chi connectivity index (χ4v) is 2.40. The number of hydrogen-bond acceptors (Lipinski definition) is 3. The predicted molar refractivity (Wildman–Crippen MR) is 61.2 cm³/mol. The second-order valence-corrected chi connectivity index (χ2v) is 4.54. The molecule has 4 nitrogen and oxygen atoms in total. The first-order valence-corrected chi connectivity index (χ1v) is 6.25. The van der Waals surface area contributed by atoms with Gasteiger partial charge in [0.15, 0.2) is 5.78 Å².